The average molecular weight is 1220 g/mol. The monoisotopic (exact) mass is 1220 g/mol. The van der Waals surface area contributed by atoms with Gasteiger partial charge in [-0.3, -0.25) is 28.8 Å². The van der Waals surface area contributed by atoms with E-state index in [1.165, 1.54) is 7.11 Å². The molecule has 0 aromatic heterocycles. The van der Waals surface area contributed by atoms with Crippen molar-refractivity contribution in [2.75, 3.05) is 115 Å². The second kappa shape index (κ2) is 40.8. The number of nitrogens with zero attached hydrogens (tertiary/aromatic N) is 3. The number of para-hydroxylation sites is 6. The molecule has 0 spiro atoms. The molecule has 2 aliphatic carbocycles. The molecule has 476 valence electrons. The lowest BCUT2D eigenvalue weighted by Gasteiger charge is -2.29. The van der Waals surface area contributed by atoms with E-state index in [1.807, 2.05) is 182 Å². The van der Waals surface area contributed by atoms with Crippen molar-refractivity contribution in [3.8, 4) is 0 Å². The summed E-state index contributed by atoms with van der Waals surface area (Å²) in [7, 11) is 4.66. The van der Waals surface area contributed by atoms with E-state index >= 15 is 0 Å². The Morgan fingerprint density at radius 3 is 0.831 bits per heavy atom. The second-order valence-corrected chi connectivity index (χ2v) is 21.1. The summed E-state index contributed by atoms with van der Waals surface area (Å²) in [5.74, 6) is -3.00. The molecule has 2 fully saturated rings. The Balaban J connectivity index is 0.000000213. The van der Waals surface area contributed by atoms with Gasteiger partial charge in [0.25, 0.3) is 0 Å². The molecule has 2 unspecified atom stereocenters. The van der Waals surface area contributed by atoms with Crippen LogP contribution in [0.1, 0.15) is 64.2 Å². The number of esters is 6. The molecule has 2 aliphatic rings. The van der Waals surface area contributed by atoms with Crippen LogP contribution in [-0.2, 0) is 71.4 Å². The largest absolute Gasteiger partial charge is 0.464 e. The first-order chi connectivity index (χ1) is 43.6. The van der Waals surface area contributed by atoms with Gasteiger partial charge in [-0.25, -0.2) is 0 Å². The topological polar surface area (TPSA) is 195 Å². The van der Waals surface area contributed by atoms with E-state index in [-0.39, 0.29) is 81.6 Å². The predicted octanol–water partition coefficient (Wildman–Crippen LogP) is 12.1. The van der Waals surface area contributed by atoms with Gasteiger partial charge < -0.3 is 57.3 Å². The molecule has 0 N–H and O–H groups in total. The van der Waals surface area contributed by atoms with Crippen molar-refractivity contribution in [1.82, 2.24) is 0 Å². The first-order valence-corrected chi connectivity index (χ1v) is 30.7. The number of methoxy groups -OCH3 is 3. The van der Waals surface area contributed by atoms with Gasteiger partial charge in [-0.1, -0.05) is 122 Å². The summed E-state index contributed by atoms with van der Waals surface area (Å²) in [5, 5.41) is 0. The SMILES string of the molecule is COCCOC(=O)C1CCC(C(=O)OCCN(c2ccccc2)c2ccccc2)CC1.COCCOC(=O)C1CCCCC1C(=O)OCCN(c1ccccc1)c1ccccc1.COCCOC(=O)CCC(=O)OCCN(c1ccccc1)c1ccccc1. The molecule has 0 amide bonds. The Morgan fingerprint density at radius 2 is 0.539 bits per heavy atom. The average Bonchev–Trinajstić information content (AvgIpc) is 3.78. The molecule has 8 rings (SSSR count). The number of hydrogen-bond donors (Lipinski definition) is 0. The van der Waals surface area contributed by atoms with Crippen LogP contribution >= 0.6 is 0 Å². The predicted molar refractivity (Wildman–Crippen MR) is 341 cm³/mol. The summed E-state index contributed by atoms with van der Waals surface area (Å²) in [6.07, 6.45) is 5.79. The minimum absolute atomic E-state index is 0.00247. The van der Waals surface area contributed by atoms with E-state index in [0.717, 1.165) is 47.0 Å². The molecule has 18 heteroatoms. The van der Waals surface area contributed by atoms with Crippen LogP contribution < -0.4 is 14.7 Å². The molecular formula is C71H87N3O15. The summed E-state index contributed by atoms with van der Waals surface area (Å²) in [4.78, 5) is 79.6. The summed E-state index contributed by atoms with van der Waals surface area (Å²) in [5.41, 5.74) is 6.20. The maximum Gasteiger partial charge on any atom is 0.309 e. The fraction of sp³-hybridized carbons (Fsp3) is 0.408. The van der Waals surface area contributed by atoms with Crippen molar-refractivity contribution in [2.45, 2.75) is 64.2 Å². The number of benzene rings is 6. The van der Waals surface area contributed by atoms with Crippen LogP contribution in [-0.4, -0.2) is 136 Å². The highest BCUT2D eigenvalue weighted by Crippen LogP contribution is 2.34. The molecule has 0 aliphatic heterocycles. The quantitative estimate of drug-likeness (QED) is 0.0226. The Morgan fingerprint density at radius 1 is 0.303 bits per heavy atom. The fourth-order valence-corrected chi connectivity index (χ4v) is 10.3. The van der Waals surface area contributed by atoms with Gasteiger partial charge >= 0.3 is 35.8 Å². The van der Waals surface area contributed by atoms with E-state index in [2.05, 4.69) is 14.7 Å². The zero-order chi connectivity index (χ0) is 63.1. The lowest BCUT2D eigenvalue weighted by atomic mass is 9.79. The molecule has 89 heavy (non-hydrogen) atoms. The van der Waals surface area contributed by atoms with Gasteiger partial charge in [-0.15, -0.1) is 0 Å². The highest BCUT2D eigenvalue weighted by Gasteiger charge is 2.38. The van der Waals surface area contributed by atoms with Crippen LogP contribution in [0, 0.1) is 23.7 Å². The van der Waals surface area contributed by atoms with E-state index in [9.17, 15) is 28.8 Å². The van der Waals surface area contributed by atoms with Gasteiger partial charge in [0.15, 0.2) is 0 Å². The summed E-state index contributed by atoms with van der Waals surface area (Å²) < 4.78 is 46.6. The fourth-order valence-electron chi connectivity index (χ4n) is 10.3. The molecule has 0 bridgehead atoms. The Labute approximate surface area is 524 Å². The number of ether oxygens (including phenoxy) is 9. The smallest absolute Gasteiger partial charge is 0.309 e. The molecule has 18 nitrogen and oxygen atoms in total. The third kappa shape index (κ3) is 24.8. The molecule has 6 aromatic rings. The van der Waals surface area contributed by atoms with Crippen molar-refractivity contribution in [3.05, 3.63) is 182 Å². The van der Waals surface area contributed by atoms with Crippen LogP contribution in [0.25, 0.3) is 0 Å². The Bertz CT molecular complexity index is 2820. The van der Waals surface area contributed by atoms with Crippen molar-refractivity contribution in [2.24, 2.45) is 23.7 Å². The maximum atomic E-state index is 12.8. The third-order valence-electron chi connectivity index (χ3n) is 15.0. The van der Waals surface area contributed by atoms with Crippen molar-refractivity contribution in [1.29, 1.82) is 0 Å². The minimum Gasteiger partial charge on any atom is -0.464 e. The molecule has 2 saturated carbocycles. The van der Waals surface area contributed by atoms with Crippen molar-refractivity contribution in [3.63, 3.8) is 0 Å². The van der Waals surface area contributed by atoms with E-state index in [4.69, 9.17) is 42.6 Å². The van der Waals surface area contributed by atoms with Gasteiger partial charge in [0.05, 0.1) is 76.0 Å². The normalized spacial score (nSPS) is 15.8. The number of carbonyl (C=O) groups is 6. The van der Waals surface area contributed by atoms with Crippen LogP contribution in [0.5, 0.6) is 0 Å². The molecular weight excluding hydrogens is 1130 g/mol. The van der Waals surface area contributed by atoms with Crippen molar-refractivity contribution >= 4 is 69.9 Å². The highest BCUT2D eigenvalue weighted by molar-refractivity contribution is 5.82. The lowest BCUT2D eigenvalue weighted by molar-refractivity contribution is -0.163. The molecule has 0 saturated heterocycles. The first kappa shape index (κ1) is 69.5. The number of carbonyl (C=O) groups excluding carboxylic acids is 6. The summed E-state index contributed by atoms with van der Waals surface area (Å²) in [6, 6.07) is 59.9. The first-order valence-electron chi connectivity index (χ1n) is 30.7. The van der Waals surface area contributed by atoms with Gasteiger partial charge in [0.1, 0.15) is 39.6 Å². The van der Waals surface area contributed by atoms with Gasteiger partial charge in [-0.2, -0.15) is 0 Å². The molecule has 0 heterocycles. The van der Waals surface area contributed by atoms with E-state index in [0.29, 0.717) is 84.6 Å². The standard InChI is InChI=1S/2C25H31NO5.C21H25NO5/c1-29-18-19-31-25(28)23-15-9-8-14-22(23)24(27)30-17-16-26(20-10-4-2-5-11-20)21-12-6-3-7-13-21;1-29-18-19-31-25(28)21-14-12-20(13-15-21)24(27)30-17-16-26(22-8-4-2-5-9-22)23-10-6-3-7-11-23;1-25-16-17-27-21(24)13-12-20(23)26-15-14-22(18-8-4-2-5-9-18)19-10-6-3-7-11-19/h2-7,10-13,22-23H,8-9,14-19H2,1H3;2-11,20-21H,12-19H2,1H3;2-11H,12-17H2,1H3. The van der Waals surface area contributed by atoms with E-state index in [1.54, 1.807) is 14.2 Å². The molecule has 6 aromatic carbocycles. The number of rotatable bonds is 31. The summed E-state index contributed by atoms with van der Waals surface area (Å²) in [6.45, 7) is 4.13. The Hall–Kier alpha value is -8.58. The molecule has 0 radical (unpaired) electrons. The number of hydrogen-bond acceptors (Lipinski definition) is 18. The lowest BCUT2D eigenvalue weighted by Crippen LogP contribution is -2.36. The van der Waals surface area contributed by atoms with Gasteiger partial charge in [0, 0.05) is 55.5 Å². The molecule has 2 atom stereocenters. The zero-order valence-electron chi connectivity index (χ0n) is 51.7. The highest BCUT2D eigenvalue weighted by atomic mass is 16.6. The Kier molecular flexibility index (Phi) is 31.9. The van der Waals surface area contributed by atoms with Crippen LogP contribution in [0.4, 0.5) is 34.1 Å². The maximum absolute atomic E-state index is 12.8. The number of anilines is 6. The van der Waals surface area contributed by atoms with E-state index < -0.39 is 23.8 Å². The second-order valence-electron chi connectivity index (χ2n) is 21.1. The zero-order valence-corrected chi connectivity index (χ0v) is 51.7. The van der Waals surface area contributed by atoms with Gasteiger partial charge in [0.2, 0.25) is 0 Å². The minimum atomic E-state index is -0.439. The third-order valence-corrected chi connectivity index (χ3v) is 15.0. The van der Waals surface area contributed by atoms with Gasteiger partial charge in [-0.05, 0) is 111 Å². The van der Waals surface area contributed by atoms with Crippen LogP contribution in [0.2, 0.25) is 0 Å². The van der Waals surface area contributed by atoms with Crippen LogP contribution in [0.3, 0.4) is 0 Å². The van der Waals surface area contributed by atoms with Crippen LogP contribution in [0.15, 0.2) is 182 Å². The summed E-state index contributed by atoms with van der Waals surface area (Å²) >= 11 is 0. The van der Waals surface area contributed by atoms with Crippen molar-refractivity contribution < 1.29 is 71.4 Å².